The van der Waals surface area contributed by atoms with E-state index in [-0.39, 0.29) is 24.4 Å². The third-order valence-corrected chi connectivity index (χ3v) is 3.49. The summed E-state index contributed by atoms with van der Waals surface area (Å²) >= 11 is 3.23. The van der Waals surface area contributed by atoms with Gasteiger partial charge in [-0.05, 0) is 28.1 Å². The number of hydrogen-bond acceptors (Lipinski definition) is 5. The number of halogens is 1. The molecule has 1 atom stereocenters. The van der Waals surface area contributed by atoms with Crippen LogP contribution in [-0.4, -0.2) is 54.7 Å². The van der Waals surface area contributed by atoms with E-state index in [2.05, 4.69) is 25.7 Å². The van der Waals surface area contributed by atoms with Gasteiger partial charge in [-0.25, -0.2) is 4.98 Å². The summed E-state index contributed by atoms with van der Waals surface area (Å²) in [5.74, 6) is -0.447. The zero-order chi connectivity index (χ0) is 14.5. The molecule has 1 unspecified atom stereocenters. The van der Waals surface area contributed by atoms with Crippen LogP contribution in [0, 0.1) is 0 Å². The van der Waals surface area contributed by atoms with Gasteiger partial charge in [-0.1, -0.05) is 0 Å². The SMILES string of the molecule is COC(=O)CC1CN(C(=O)c2ccc(Br)nc2)CCO1. The number of morpholine rings is 1. The minimum Gasteiger partial charge on any atom is -0.469 e. The Kier molecular flexibility index (Phi) is 5.08. The molecule has 1 aromatic rings. The van der Waals surface area contributed by atoms with Gasteiger partial charge in [-0.3, -0.25) is 9.59 Å². The van der Waals surface area contributed by atoms with E-state index in [1.54, 1.807) is 17.0 Å². The van der Waals surface area contributed by atoms with Gasteiger partial charge in [0.2, 0.25) is 0 Å². The van der Waals surface area contributed by atoms with Crippen molar-refractivity contribution in [2.45, 2.75) is 12.5 Å². The Hall–Kier alpha value is -1.47. The van der Waals surface area contributed by atoms with Crippen molar-refractivity contribution < 1.29 is 19.1 Å². The van der Waals surface area contributed by atoms with E-state index >= 15 is 0 Å². The van der Waals surface area contributed by atoms with Crippen LogP contribution in [0.1, 0.15) is 16.8 Å². The van der Waals surface area contributed by atoms with Gasteiger partial charge >= 0.3 is 5.97 Å². The number of nitrogens with zero attached hydrogens (tertiary/aromatic N) is 2. The van der Waals surface area contributed by atoms with Gasteiger partial charge in [0, 0.05) is 19.3 Å². The number of esters is 1. The number of ether oxygens (including phenoxy) is 2. The van der Waals surface area contributed by atoms with Crippen molar-refractivity contribution in [3.8, 4) is 0 Å². The van der Waals surface area contributed by atoms with Crippen molar-refractivity contribution in [1.82, 2.24) is 9.88 Å². The molecule has 20 heavy (non-hydrogen) atoms. The molecule has 1 fully saturated rings. The Labute approximate surface area is 125 Å². The fraction of sp³-hybridized carbons (Fsp3) is 0.462. The van der Waals surface area contributed by atoms with E-state index in [0.29, 0.717) is 29.9 Å². The summed E-state index contributed by atoms with van der Waals surface area (Å²) in [5, 5.41) is 0. The predicted molar refractivity (Wildman–Crippen MR) is 74.2 cm³/mol. The van der Waals surface area contributed by atoms with Gasteiger partial charge in [-0.15, -0.1) is 0 Å². The highest BCUT2D eigenvalue weighted by molar-refractivity contribution is 9.10. The molecule has 0 saturated carbocycles. The minimum absolute atomic E-state index is 0.108. The van der Waals surface area contributed by atoms with Gasteiger partial charge < -0.3 is 14.4 Å². The normalized spacial score (nSPS) is 18.7. The number of hydrogen-bond donors (Lipinski definition) is 0. The smallest absolute Gasteiger partial charge is 0.308 e. The number of methoxy groups -OCH3 is 1. The molecule has 1 aromatic heterocycles. The Morgan fingerprint density at radius 1 is 1.55 bits per heavy atom. The summed E-state index contributed by atoms with van der Waals surface area (Å²) in [4.78, 5) is 29.3. The van der Waals surface area contributed by atoms with Crippen molar-refractivity contribution in [1.29, 1.82) is 0 Å². The second-order valence-corrected chi connectivity index (χ2v) is 5.21. The van der Waals surface area contributed by atoms with Crippen LogP contribution in [0.3, 0.4) is 0 Å². The molecule has 1 aliphatic rings. The van der Waals surface area contributed by atoms with Gasteiger partial charge in [0.15, 0.2) is 0 Å². The first-order valence-corrected chi connectivity index (χ1v) is 6.98. The van der Waals surface area contributed by atoms with E-state index < -0.39 is 0 Å². The van der Waals surface area contributed by atoms with E-state index in [1.807, 2.05) is 0 Å². The predicted octanol–water partition coefficient (Wildman–Crippen LogP) is 1.25. The molecule has 0 aliphatic carbocycles. The van der Waals surface area contributed by atoms with Crippen LogP contribution in [-0.2, 0) is 14.3 Å². The monoisotopic (exact) mass is 342 g/mol. The lowest BCUT2D eigenvalue weighted by atomic mass is 10.1. The van der Waals surface area contributed by atoms with Crippen LogP contribution < -0.4 is 0 Å². The Morgan fingerprint density at radius 3 is 3.00 bits per heavy atom. The van der Waals surface area contributed by atoms with Crippen molar-refractivity contribution in [2.24, 2.45) is 0 Å². The molecule has 0 bridgehead atoms. The highest BCUT2D eigenvalue weighted by atomic mass is 79.9. The maximum Gasteiger partial charge on any atom is 0.308 e. The zero-order valence-corrected chi connectivity index (χ0v) is 12.6. The molecule has 1 aliphatic heterocycles. The summed E-state index contributed by atoms with van der Waals surface area (Å²) in [6, 6.07) is 3.43. The fourth-order valence-corrected chi connectivity index (χ4v) is 2.22. The number of aromatic nitrogens is 1. The van der Waals surface area contributed by atoms with Crippen molar-refractivity contribution in [3.63, 3.8) is 0 Å². The lowest BCUT2D eigenvalue weighted by Crippen LogP contribution is -2.46. The molecule has 1 saturated heterocycles. The topological polar surface area (TPSA) is 68.7 Å². The first-order chi connectivity index (χ1) is 9.60. The first-order valence-electron chi connectivity index (χ1n) is 6.19. The second kappa shape index (κ2) is 6.81. The largest absolute Gasteiger partial charge is 0.469 e. The van der Waals surface area contributed by atoms with Gasteiger partial charge in [0.05, 0.1) is 31.8 Å². The maximum atomic E-state index is 12.3. The maximum absolute atomic E-state index is 12.3. The highest BCUT2D eigenvalue weighted by Gasteiger charge is 2.27. The van der Waals surface area contributed by atoms with Crippen molar-refractivity contribution in [3.05, 3.63) is 28.5 Å². The average molecular weight is 343 g/mol. The zero-order valence-electron chi connectivity index (χ0n) is 11.0. The van der Waals surface area contributed by atoms with E-state index in [0.717, 1.165) is 0 Å². The third-order valence-electron chi connectivity index (χ3n) is 3.02. The molecule has 108 valence electrons. The van der Waals surface area contributed by atoms with Gasteiger partial charge in [0.1, 0.15) is 4.60 Å². The van der Waals surface area contributed by atoms with Crippen LogP contribution in [0.15, 0.2) is 22.9 Å². The Balaban J connectivity index is 1.99. The van der Waals surface area contributed by atoms with Crippen molar-refractivity contribution in [2.75, 3.05) is 26.8 Å². The lowest BCUT2D eigenvalue weighted by Gasteiger charge is -2.32. The number of rotatable bonds is 3. The van der Waals surface area contributed by atoms with E-state index in [9.17, 15) is 9.59 Å². The summed E-state index contributed by atoms with van der Waals surface area (Å²) in [6.45, 7) is 1.30. The number of pyridine rings is 1. The second-order valence-electron chi connectivity index (χ2n) is 4.39. The van der Waals surface area contributed by atoms with Crippen LogP contribution in [0.4, 0.5) is 0 Å². The Bertz CT molecular complexity index is 492. The van der Waals surface area contributed by atoms with Crippen molar-refractivity contribution >= 4 is 27.8 Å². The quantitative estimate of drug-likeness (QED) is 0.610. The standard InChI is InChI=1S/C13H15BrN2O4/c1-19-12(17)6-10-8-16(4-5-20-10)13(18)9-2-3-11(14)15-7-9/h2-3,7,10H,4-6,8H2,1H3. The molecule has 1 amide bonds. The van der Waals surface area contributed by atoms with E-state index in [1.165, 1.54) is 13.3 Å². The van der Waals surface area contributed by atoms with E-state index in [4.69, 9.17) is 4.74 Å². The van der Waals surface area contributed by atoms with Crippen LogP contribution in [0.5, 0.6) is 0 Å². The summed E-state index contributed by atoms with van der Waals surface area (Å²) in [7, 11) is 1.33. The summed E-state index contributed by atoms with van der Waals surface area (Å²) in [5.41, 5.74) is 0.520. The summed E-state index contributed by atoms with van der Waals surface area (Å²) < 4.78 is 10.8. The Morgan fingerprint density at radius 2 is 2.35 bits per heavy atom. The number of carbonyl (C=O) groups is 2. The molecule has 0 radical (unpaired) electrons. The van der Waals surface area contributed by atoms with Crippen LogP contribution in [0.25, 0.3) is 0 Å². The molecule has 0 aromatic carbocycles. The molecule has 7 heteroatoms. The molecule has 2 heterocycles. The molecule has 6 nitrogen and oxygen atoms in total. The van der Waals surface area contributed by atoms with Gasteiger partial charge in [-0.2, -0.15) is 0 Å². The third kappa shape index (κ3) is 3.77. The highest BCUT2D eigenvalue weighted by Crippen LogP contribution is 2.14. The molecule has 2 rings (SSSR count). The molecular weight excluding hydrogens is 328 g/mol. The minimum atomic E-state index is -0.338. The van der Waals surface area contributed by atoms with Crippen LogP contribution in [0.2, 0.25) is 0 Å². The fourth-order valence-electron chi connectivity index (χ4n) is 1.98. The molecular formula is C13H15BrN2O4. The van der Waals surface area contributed by atoms with Crippen LogP contribution >= 0.6 is 15.9 Å². The molecule has 0 spiro atoms. The number of carbonyl (C=O) groups excluding carboxylic acids is 2. The average Bonchev–Trinajstić information content (AvgIpc) is 2.47. The summed E-state index contributed by atoms with van der Waals surface area (Å²) in [6.07, 6.45) is 1.36. The first kappa shape index (κ1) is 14.9. The molecule has 0 N–H and O–H groups in total. The van der Waals surface area contributed by atoms with Gasteiger partial charge in [0.25, 0.3) is 5.91 Å². The lowest BCUT2D eigenvalue weighted by molar-refractivity contribution is -0.145. The number of amides is 1.